The van der Waals surface area contributed by atoms with Gasteiger partial charge < -0.3 is 11.1 Å². The normalized spacial score (nSPS) is 42.7. The van der Waals surface area contributed by atoms with Crippen molar-refractivity contribution in [1.29, 1.82) is 0 Å². The number of hydrogen-bond acceptors (Lipinski definition) is 3. The van der Waals surface area contributed by atoms with Gasteiger partial charge in [0.05, 0.1) is 5.70 Å². The number of nitrogens with one attached hydrogen (secondary N) is 1. The third-order valence-electron chi connectivity index (χ3n) is 8.53. The van der Waals surface area contributed by atoms with E-state index in [1.807, 2.05) is 0 Å². The molecular formula is C24H36N2O2. The van der Waals surface area contributed by atoms with Crippen molar-refractivity contribution in [3.63, 3.8) is 0 Å². The third kappa shape index (κ3) is 2.78. The maximum absolute atomic E-state index is 13.1. The SMILES string of the molecule is CC(C)(C)NC(=O)C1CC[C@H]2[C@@H]3C=CC4=C(N)C(=O)CC[C@]4(C)[C@H]3CC[C@]12C. The lowest BCUT2D eigenvalue weighted by Crippen LogP contribution is -2.52. The second-order valence-electron chi connectivity index (χ2n) is 11.2. The minimum atomic E-state index is -0.188. The largest absolute Gasteiger partial charge is 0.396 e. The molecule has 4 nitrogen and oxygen atoms in total. The summed E-state index contributed by atoms with van der Waals surface area (Å²) >= 11 is 0. The van der Waals surface area contributed by atoms with Crippen molar-refractivity contribution in [1.82, 2.24) is 5.32 Å². The Morgan fingerprint density at radius 1 is 1.14 bits per heavy atom. The first kappa shape index (κ1) is 19.7. The number of carbonyl (C=O) groups is 2. The van der Waals surface area contributed by atoms with Crippen LogP contribution in [0.1, 0.15) is 73.1 Å². The van der Waals surface area contributed by atoms with E-state index in [9.17, 15) is 9.59 Å². The number of rotatable bonds is 1. The number of carbonyl (C=O) groups excluding carboxylic acids is 2. The monoisotopic (exact) mass is 384 g/mol. The van der Waals surface area contributed by atoms with E-state index in [2.05, 4.69) is 52.1 Å². The Balaban J connectivity index is 1.65. The zero-order chi connectivity index (χ0) is 20.5. The van der Waals surface area contributed by atoms with Crippen molar-refractivity contribution in [3.8, 4) is 0 Å². The minimum Gasteiger partial charge on any atom is -0.396 e. The van der Waals surface area contributed by atoms with Crippen LogP contribution in [0.3, 0.4) is 0 Å². The molecule has 0 heterocycles. The molecule has 0 aliphatic heterocycles. The highest BCUT2D eigenvalue weighted by atomic mass is 16.2. The van der Waals surface area contributed by atoms with Gasteiger partial charge in [0.1, 0.15) is 0 Å². The van der Waals surface area contributed by atoms with Gasteiger partial charge in [-0.05, 0) is 87.0 Å². The van der Waals surface area contributed by atoms with Crippen LogP contribution >= 0.6 is 0 Å². The van der Waals surface area contributed by atoms with Crippen molar-refractivity contribution in [2.75, 3.05) is 0 Å². The van der Waals surface area contributed by atoms with Gasteiger partial charge in [-0.25, -0.2) is 0 Å². The summed E-state index contributed by atoms with van der Waals surface area (Å²) in [6, 6.07) is 0. The van der Waals surface area contributed by atoms with Gasteiger partial charge in [0.15, 0.2) is 5.78 Å². The molecule has 28 heavy (non-hydrogen) atoms. The number of Topliss-reactive ketones (excluding diaryl/α,β-unsaturated/α-hetero) is 1. The molecular weight excluding hydrogens is 348 g/mol. The Labute approximate surface area is 169 Å². The predicted molar refractivity (Wildman–Crippen MR) is 111 cm³/mol. The topological polar surface area (TPSA) is 72.2 Å². The summed E-state index contributed by atoms with van der Waals surface area (Å²) in [4.78, 5) is 25.2. The van der Waals surface area contributed by atoms with Crippen LogP contribution in [0.15, 0.2) is 23.4 Å². The lowest BCUT2D eigenvalue weighted by atomic mass is 9.48. The van der Waals surface area contributed by atoms with E-state index in [-0.39, 0.29) is 34.0 Å². The number of allylic oxidation sites excluding steroid dienone is 4. The van der Waals surface area contributed by atoms with Crippen molar-refractivity contribution in [3.05, 3.63) is 23.4 Å². The summed E-state index contributed by atoms with van der Waals surface area (Å²) in [5.74, 6) is 2.00. The summed E-state index contributed by atoms with van der Waals surface area (Å²) in [5.41, 5.74) is 7.67. The standard InChI is InChI=1S/C24H36N2O2/c1-22(2,3)26-21(28)18-9-8-15-14-6-7-17-20(25)19(27)11-13-23(17,4)16(14)10-12-24(15,18)5/h6-7,14-16,18H,8-13,25H2,1-5H3,(H,26,28)/t14-,15-,16-,18?,23+,24-/m0/s1. The minimum absolute atomic E-state index is 0.00446. The Kier molecular flexibility index (Phi) is 4.37. The van der Waals surface area contributed by atoms with Crippen molar-refractivity contribution in [2.24, 2.45) is 40.2 Å². The molecule has 0 saturated heterocycles. The molecule has 0 spiro atoms. The summed E-state index contributed by atoms with van der Waals surface area (Å²) in [6.45, 7) is 10.9. The first-order valence-electron chi connectivity index (χ1n) is 11.0. The molecule has 154 valence electrons. The lowest BCUT2D eigenvalue weighted by Gasteiger charge is -2.56. The van der Waals surface area contributed by atoms with Gasteiger partial charge in [-0.2, -0.15) is 0 Å². The van der Waals surface area contributed by atoms with Gasteiger partial charge in [0.2, 0.25) is 5.91 Å². The van der Waals surface area contributed by atoms with E-state index in [1.54, 1.807) is 0 Å². The van der Waals surface area contributed by atoms with E-state index in [0.717, 1.165) is 37.7 Å². The number of amides is 1. The van der Waals surface area contributed by atoms with Crippen LogP contribution in [0.4, 0.5) is 0 Å². The maximum Gasteiger partial charge on any atom is 0.224 e. The van der Waals surface area contributed by atoms with Gasteiger partial charge in [-0.15, -0.1) is 0 Å². The first-order chi connectivity index (χ1) is 13.0. The molecule has 1 unspecified atom stereocenters. The van der Waals surface area contributed by atoms with Crippen molar-refractivity contribution < 1.29 is 9.59 Å². The van der Waals surface area contributed by atoms with Crippen molar-refractivity contribution in [2.45, 2.75) is 78.7 Å². The lowest BCUT2D eigenvalue weighted by molar-refractivity contribution is -0.132. The zero-order valence-corrected chi connectivity index (χ0v) is 18.1. The summed E-state index contributed by atoms with van der Waals surface area (Å²) in [7, 11) is 0. The molecule has 2 saturated carbocycles. The van der Waals surface area contributed by atoms with Gasteiger partial charge in [-0.3, -0.25) is 9.59 Å². The van der Waals surface area contributed by atoms with Gasteiger partial charge in [-0.1, -0.05) is 26.0 Å². The van der Waals surface area contributed by atoms with E-state index in [1.165, 1.54) is 0 Å². The van der Waals surface area contributed by atoms with Gasteiger partial charge >= 0.3 is 0 Å². The van der Waals surface area contributed by atoms with Crippen LogP contribution in [-0.2, 0) is 9.59 Å². The third-order valence-corrected chi connectivity index (χ3v) is 8.53. The second kappa shape index (κ2) is 6.21. The van der Waals surface area contributed by atoms with Crippen LogP contribution in [0.5, 0.6) is 0 Å². The molecule has 3 N–H and O–H groups in total. The molecule has 0 bridgehead atoms. The van der Waals surface area contributed by atoms with E-state index in [0.29, 0.717) is 29.9 Å². The van der Waals surface area contributed by atoms with Gasteiger partial charge in [0.25, 0.3) is 0 Å². The molecule has 1 amide bonds. The Morgan fingerprint density at radius 3 is 2.54 bits per heavy atom. The highest BCUT2D eigenvalue weighted by molar-refractivity contribution is 5.97. The van der Waals surface area contributed by atoms with Crippen LogP contribution in [0.2, 0.25) is 0 Å². The second-order valence-corrected chi connectivity index (χ2v) is 11.2. The number of ketones is 1. The molecule has 0 aromatic rings. The summed E-state index contributed by atoms with van der Waals surface area (Å²) in [6.07, 6.45) is 10.3. The first-order valence-corrected chi connectivity index (χ1v) is 11.0. The summed E-state index contributed by atoms with van der Waals surface area (Å²) < 4.78 is 0. The fourth-order valence-electron chi connectivity index (χ4n) is 7.07. The van der Waals surface area contributed by atoms with E-state index >= 15 is 0 Å². The van der Waals surface area contributed by atoms with Gasteiger partial charge in [0, 0.05) is 17.9 Å². The molecule has 4 aliphatic rings. The molecule has 4 heteroatoms. The Hall–Kier alpha value is -1.58. The molecule has 2 fully saturated rings. The zero-order valence-electron chi connectivity index (χ0n) is 18.1. The Bertz CT molecular complexity index is 774. The Morgan fingerprint density at radius 2 is 1.86 bits per heavy atom. The average molecular weight is 385 g/mol. The molecule has 0 aromatic heterocycles. The fourth-order valence-corrected chi connectivity index (χ4v) is 7.07. The van der Waals surface area contributed by atoms with Crippen LogP contribution in [0.25, 0.3) is 0 Å². The molecule has 6 atom stereocenters. The summed E-state index contributed by atoms with van der Waals surface area (Å²) in [5, 5.41) is 3.24. The van der Waals surface area contributed by atoms with Crippen LogP contribution < -0.4 is 11.1 Å². The van der Waals surface area contributed by atoms with E-state index in [4.69, 9.17) is 5.73 Å². The fraction of sp³-hybridized carbons (Fsp3) is 0.750. The molecule has 0 aromatic carbocycles. The smallest absolute Gasteiger partial charge is 0.224 e. The van der Waals surface area contributed by atoms with Crippen molar-refractivity contribution >= 4 is 11.7 Å². The average Bonchev–Trinajstić information content (AvgIpc) is 2.94. The number of nitrogens with two attached hydrogens (primary N) is 1. The highest BCUT2D eigenvalue weighted by Crippen LogP contribution is 2.65. The number of fused-ring (bicyclic) bond motifs is 5. The number of hydrogen-bond donors (Lipinski definition) is 2. The highest BCUT2D eigenvalue weighted by Gasteiger charge is 2.59. The van der Waals surface area contributed by atoms with Crippen LogP contribution in [-0.4, -0.2) is 17.2 Å². The quantitative estimate of drug-likeness (QED) is 0.714. The molecule has 4 aliphatic carbocycles. The molecule has 4 rings (SSSR count). The predicted octanol–water partition coefficient (Wildman–Crippen LogP) is 4.11. The maximum atomic E-state index is 13.1. The molecule has 0 radical (unpaired) electrons. The van der Waals surface area contributed by atoms with E-state index < -0.39 is 0 Å². The van der Waals surface area contributed by atoms with Crippen LogP contribution in [0, 0.1) is 34.5 Å².